The first kappa shape index (κ1) is 21.3. The van der Waals surface area contributed by atoms with Gasteiger partial charge in [0.05, 0.1) is 12.8 Å². The Morgan fingerprint density at radius 2 is 1.71 bits per heavy atom. The van der Waals surface area contributed by atoms with Crippen LogP contribution in [-0.4, -0.2) is 24.3 Å². The summed E-state index contributed by atoms with van der Waals surface area (Å²) in [7, 11) is 1.52. The Labute approximate surface area is 144 Å². The average Bonchev–Trinajstić information content (AvgIpc) is 2.57. The number of hydrogen-bond acceptors (Lipinski definition) is 4. The number of nitrogens with one attached hydrogen (secondary N) is 1. The number of carbonyl (C=O) groups excluding carboxylic acids is 2. The molecule has 1 amide bonds. The van der Waals surface area contributed by atoms with E-state index >= 15 is 0 Å². The highest BCUT2D eigenvalue weighted by Gasteiger charge is 2.07. The molecule has 1 N–H and O–H groups in total. The number of carbonyl (C=O) groups is 2. The highest BCUT2D eigenvalue weighted by atomic mass is 16.5. The molecule has 130 valence electrons. The van der Waals surface area contributed by atoms with Gasteiger partial charge in [0.1, 0.15) is 5.75 Å². The number of nitrogens with zero attached hydrogens (tertiary/aromatic N) is 1. The summed E-state index contributed by atoms with van der Waals surface area (Å²) < 4.78 is 4.97. The molecule has 2 rings (SSSR count). The summed E-state index contributed by atoms with van der Waals surface area (Å²) in [6.45, 7) is 9.43. The number of pyridine rings is 1. The predicted molar refractivity (Wildman–Crippen MR) is 97.7 cm³/mol. The van der Waals surface area contributed by atoms with Crippen LogP contribution in [0, 0.1) is 13.8 Å². The molecule has 0 aliphatic carbocycles. The minimum Gasteiger partial charge on any atom is -0.497 e. The Kier molecular flexibility index (Phi) is 10.5. The van der Waals surface area contributed by atoms with E-state index < -0.39 is 0 Å². The lowest BCUT2D eigenvalue weighted by Gasteiger charge is -2.07. The summed E-state index contributed by atoms with van der Waals surface area (Å²) in [5.41, 5.74) is 3.11. The number of hydrogen-bond donors (Lipinski definition) is 1. The molecule has 0 saturated carbocycles. The van der Waals surface area contributed by atoms with E-state index in [1.165, 1.54) is 14.0 Å². The maximum absolute atomic E-state index is 11.1. The van der Waals surface area contributed by atoms with E-state index in [0.29, 0.717) is 23.4 Å². The zero-order valence-electron chi connectivity index (χ0n) is 15.2. The highest BCUT2D eigenvalue weighted by Crippen LogP contribution is 2.22. The third-order valence-corrected chi connectivity index (χ3v) is 2.85. The number of aromatic nitrogens is 1. The number of rotatable bonds is 4. The topological polar surface area (TPSA) is 68.3 Å². The Hall–Kier alpha value is -2.69. The van der Waals surface area contributed by atoms with E-state index in [1.807, 2.05) is 45.9 Å². The van der Waals surface area contributed by atoms with Crippen molar-refractivity contribution in [1.82, 2.24) is 4.98 Å². The van der Waals surface area contributed by atoms with Crippen LogP contribution in [0.25, 0.3) is 0 Å². The van der Waals surface area contributed by atoms with Crippen LogP contribution in [0.5, 0.6) is 5.75 Å². The number of methoxy groups -OCH3 is 1. The molecule has 0 unspecified atom stereocenters. The molecule has 0 radical (unpaired) electrons. The summed E-state index contributed by atoms with van der Waals surface area (Å²) in [5, 5.41) is 2.45. The Bertz CT molecular complexity index is 638. The van der Waals surface area contributed by atoms with Crippen LogP contribution in [0.2, 0.25) is 0 Å². The maximum Gasteiger partial charge on any atom is 0.211 e. The summed E-state index contributed by atoms with van der Waals surface area (Å²) in [4.78, 5) is 25.6. The lowest BCUT2D eigenvalue weighted by molar-refractivity contribution is -0.105. The molecule has 5 heteroatoms. The zero-order chi connectivity index (χ0) is 18.5. The molecule has 5 nitrogen and oxygen atoms in total. The molecule has 1 aromatic heterocycles. The second-order valence-electron chi connectivity index (χ2n) is 4.65. The van der Waals surface area contributed by atoms with Gasteiger partial charge in [0.25, 0.3) is 0 Å². The van der Waals surface area contributed by atoms with Gasteiger partial charge in [-0.2, -0.15) is 0 Å². The lowest BCUT2D eigenvalue weighted by atomic mass is 10.1. The molecule has 2 aromatic rings. The fraction of sp³-hybridized carbons (Fsp3) is 0.316. The maximum atomic E-state index is 11.1. The van der Waals surface area contributed by atoms with Crippen LogP contribution in [0.3, 0.4) is 0 Å². The molecule has 0 atom stereocenters. The molecular weight excluding hydrogens is 304 g/mol. The summed E-state index contributed by atoms with van der Waals surface area (Å²) in [6.07, 6.45) is 0.529. The van der Waals surface area contributed by atoms with Gasteiger partial charge < -0.3 is 10.1 Å². The van der Waals surface area contributed by atoms with Crippen LogP contribution in [0.4, 0.5) is 5.69 Å². The second-order valence-corrected chi connectivity index (χ2v) is 4.65. The van der Waals surface area contributed by atoms with Crippen LogP contribution >= 0.6 is 0 Å². The number of benzene rings is 1. The number of aryl methyl sites for hydroxylation is 2. The van der Waals surface area contributed by atoms with Crippen LogP contribution in [0.15, 0.2) is 36.4 Å². The number of anilines is 1. The van der Waals surface area contributed by atoms with Gasteiger partial charge in [0.2, 0.25) is 6.41 Å². The van der Waals surface area contributed by atoms with Crippen molar-refractivity contribution in [2.24, 2.45) is 0 Å². The molecule has 1 heterocycles. The average molecular weight is 330 g/mol. The standard InChI is InChI=1S/C10H11NO3.C7H9N.C2H6/c1-7(13)9-4-3-8(14-2)5-10(9)11-6-12;1-6-4-3-5-7(2)8-6;1-2/h3-6H,1-2H3,(H,11,12);3-5H,1-2H3;1-2H3. The SMILES string of the molecule is CC.COc1ccc(C(C)=O)c(NC=O)c1.Cc1cccc(C)n1. The second kappa shape index (κ2) is 11.8. The van der Waals surface area contributed by atoms with Crippen molar-refractivity contribution in [3.63, 3.8) is 0 Å². The minimum absolute atomic E-state index is 0.1000. The largest absolute Gasteiger partial charge is 0.497 e. The van der Waals surface area contributed by atoms with Gasteiger partial charge in [-0.25, -0.2) is 0 Å². The monoisotopic (exact) mass is 330 g/mol. The number of ketones is 1. The predicted octanol–water partition coefficient (Wildman–Crippen LogP) is 4.19. The van der Waals surface area contributed by atoms with E-state index in [9.17, 15) is 9.59 Å². The van der Waals surface area contributed by atoms with Crippen molar-refractivity contribution >= 4 is 17.9 Å². The molecule has 0 fully saturated rings. The number of ether oxygens (including phenoxy) is 1. The van der Waals surface area contributed by atoms with Crippen molar-refractivity contribution in [3.05, 3.63) is 53.3 Å². The third kappa shape index (κ3) is 7.54. The fourth-order valence-corrected chi connectivity index (χ4v) is 1.82. The molecule has 24 heavy (non-hydrogen) atoms. The van der Waals surface area contributed by atoms with Gasteiger partial charge in [-0.15, -0.1) is 0 Å². The van der Waals surface area contributed by atoms with Crippen LogP contribution in [0.1, 0.15) is 42.5 Å². The van der Waals surface area contributed by atoms with Gasteiger partial charge in [-0.05, 0) is 45.0 Å². The third-order valence-electron chi connectivity index (χ3n) is 2.85. The first-order chi connectivity index (χ1) is 11.5. The van der Waals surface area contributed by atoms with Gasteiger partial charge in [-0.1, -0.05) is 19.9 Å². The van der Waals surface area contributed by atoms with Gasteiger partial charge in [0, 0.05) is 23.0 Å². The molecule has 0 aliphatic rings. The molecule has 0 aliphatic heterocycles. The van der Waals surface area contributed by atoms with Crippen LogP contribution in [-0.2, 0) is 4.79 Å². The van der Waals surface area contributed by atoms with Crippen molar-refractivity contribution < 1.29 is 14.3 Å². The van der Waals surface area contributed by atoms with Crippen molar-refractivity contribution in [3.8, 4) is 5.75 Å². The minimum atomic E-state index is -0.1000. The fourth-order valence-electron chi connectivity index (χ4n) is 1.82. The van der Waals surface area contributed by atoms with Crippen LogP contribution < -0.4 is 10.1 Å². The van der Waals surface area contributed by atoms with Crippen molar-refractivity contribution in [2.75, 3.05) is 12.4 Å². The quantitative estimate of drug-likeness (QED) is 0.674. The first-order valence-electron chi connectivity index (χ1n) is 7.77. The van der Waals surface area contributed by atoms with Crippen molar-refractivity contribution in [1.29, 1.82) is 0 Å². The first-order valence-corrected chi connectivity index (χ1v) is 7.77. The van der Waals surface area contributed by atoms with Gasteiger partial charge in [-0.3, -0.25) is 14.6 Å². The molecular formula is C19H26N2O3. The van der Waals surface area contributed by atoms with E-state index in [4.69, 9.17) is 4.74 Å². The molecule has 0 saturated heterocycles. The number of amides is 1. The van der Waals surface area contributed by atoms with E-state index in [0.717, 1.165) is 11.4 Å². The number of Topliss-reactive ketones (excluding diaryl/α,β-unsaturated/α-hetero) is 1. The molecule has 0 bridgehead atoms. The van der Waals surface area contributed by atoms with E-state index in [2.05, 4.69) is 10.3 Å². The Morgan fingerprint density at radius 3 is 2.08 bits per heavy atom. The Balaban J connectivity index is 0.000000447. The van der Waals surface area contributed by atoms with E-state index in [-0.39, 0.29) is 5.78 Å². The summed E-state index contributed by atoms with van der Waals surface area (Å²) >= 11 is 0. The molecule has 0 spiro atoms. The normalized spacial score (nSPS) is 8.75. The Morgan fingerprint density at radius 1 is 1.12 bits per heavy atom. The summed E-state index contributed by atoms with van der Waals surface area (Å²) in [6, 6.07) is 10.9. The van der Waals surface area contributed by atoms with Gasteiger partial charge >= 0.3 is 0 Å². The molecule has 1 aromatic carbocycles. The van der Waals surface area contributed by atoms with E-state index in [1.54, 1.807) is 18.2 Å². The smallest absolute Gasteiger partial charge is 0.211 e. The summed E-state index contributed by atoms with van der Waals surface area (Å²) in [5.74, 6) is 0.497. The van der Waals surface area contributed by atoms with Crippen molar-refractivity contribution in [2.45, 2.75) is 34.6 Å². The zero-order valence-corrected chi connectivity index (χ0v) is 15.2. The highest BCUT2D eigenvalue weighted by molar-refractivity contribution is 6.01. The van der Waals surface area contributed by atoms with Gasteiger partial charge in [0.15, 0.2) is 5.78 Å². The lowest BCUT2D eigenvalue weighted by Crippen LogP contribution is -2.02.